The summed E-state index contributed by atoms with van der Waals surface area (Å²) in [7, 11) is 2.18. The van der Waals surface area contributed by atoms with Crippen LogP contribution in [0.15, 0.2) is 12.1 Å². The van der Waals surface area contributed by atoms with Gasteiger partial charge in [-0.1, -0.05) is 6.92 Å². The third-order valence-corrected chi connectivity index (χ3v) is 3.25. The van der Waals surface area contributed by atoms with Crippen molar-refractivity contribution in [1.29, 1.82) is 0 Å². The Morgan fingerprint density at radius 3 is 2.67 bits per heavy atom. The molecule has 1 unspecified atom stereocenters. The molecule has 2 rings (SSSR count). The van der Waals surface area contributed by atoms with Gasteiger partial charge in [0.05, 0.1) is 11.4 Å². The van der Waals surface area contributed by atoms with E-state index in [4.69, 9.17) is 0 Å². The first-order valence-corrected chi connectivity index (χ1v) is 5.64. The SMILES string of the molecule is Cc1cc2c(cc1C)N(C)CC(C)CN2. The van der Waals surface area contributed by atoms with Gasteiger partial charge in [0.1, 0.15) is 0 Å². The zero-order chi connectivity index (χ0) is 11.0. The summed E-state index contributed by atoms with van der Waals surface area (Å²) in [5.74, 6) is 0.697. The van der Waals surface area contributed by atoms with Crippen LogP contribution < -0.4 is 10.2 Å². The van der Waals surface area contributed by atoms with Gasteiger partial charge in [-0.15, -0.1) is 0 Å². The second kappa shape index (κ2) is 3.76. The fourth-order valence-electron chi connectivity index (χ4n) is 2.17. The van der Waals surface area contributed by atoms with Crippen LogP contribution in [0.1, 0.15) is 18.1 Å². The summed E-state index contributed by atoms with van der Waals surface area (Å²) in [6.45, 7) is 8.83. The number of benzene rings is 1. The molecule has 0 saturated carbocycles. The quantitative estimate of drug-likeness (QED) is 0.699. The van der Waals surface area contributed by atoms with Crippen molar-refractivity contribution in [3.8, 4) is 0 Å². The van der Waals surface area contributed by atoms with Crippen LogP contribution in [0.2, 0.25) is 0 Å². The van der Waals surface area contributed by atoms with Gasteiger partial charge in [-0.3, -0.25) is 0 Å². The summed E-state index contributed by atoms with van der Waals surface area (Å²) >= 11 is 0. The highest BCUT2D eigenvalue weighted by Gasteiger charge is 2.16. The lowest BCUT2D eigenvalue weighted by atomic mass is 10.1. The van der Waals surface area contributed by atoms with Gasteiger partial charge in [0.2, 0.25) is 0 Å². The molecule has 1 aliphatic heterocycles. The predicted octanol–water partition coefficient (Wildman–Crippen LogP) is 2.80. The Balaban J connectivity index is 2.45. The summed E-state index contributed by atoms with van der Waals surface area (Å²) in [5, 5.41) is 3.53. The molecular weight excluding hydrogens is 184 g/mol. The van der Waals surface area contributed by atoms with Gasteiger partial charge in [0, 0.05) is 20.1 Å². The summed E-state index contributed by atoms with van der Waals surface area (Å²) in [6, 6.07) is 4.55. The van der Waals surface area contributed by atoms with Crippen molar-refractivity contribution in [2.75, 3.05) is 30.4 Å². The lowest BCUT2D eigenvalue weighted by Gasteiger charge is -2.21. The van der Waals surface area contributed by atoms with Crippen molar-refractivity contribution in [2.45, 2.75) is 20.8 Å². The van der Waals surface area contributed by atoms with E-state index in [1.54, 1.807) is 0 Å². The fraction of sp³-hybridized carbons (Fsp3) is 0.538. The van der Waals surface area contributed by atoms with Crippen LogP contribution in [0.4, 0.5) is 11.4 Å². The van der Waals surface area contributed by atoms with Gasteiger partial charge in [-0.2, -0.15) is 0 Å². The molecule has 1 heterocycles. The topological polar surface area (TPSA) is 15.3 Å². The number of fused-ring (bicyclic) bond motifs is 1. The van der Waals surface area contributed by atoms with Crippen molar-refractivity contribution in [3.05, 3.63) is 23.3 Å². The maximum atomic E-state index is 3.53. The number of hydrogen-bond acceptors (Lipinski definition) is 2. The molecule has 2 nitrogen and oxygen atoms in total. The molecule has 0 amide bonds. The van der Waals surface area contributed by atoms with Gasteiger partial charge >= 0.3 is 0 Å². The smallest absolute Gasteiger partial charge is 0.0602 e. The van der Waals surface area contributed by atoms with E-state index in [0.29, 0.717) is 5.92 Å². The molecule has 15 heavy (non-hydrogen) atoms. The lowest BCUT2D eigenvalue weighted by molar-refractivity contribution is 0.618. The third-order valence-electron chi connectivity index (χ3n) is 3.25. The van der Waals surface area contributed by atoms with Crippen molar-refractivity contribution >= 4 is 11.4 Å². The molecule has 82 valence electrons. The fourth-order valence-corrected chi connectivity index (χ4v) is 2.17. The first kappa shape index (κ1) is 10.3. The zero-order valence-corrected chi connectivity index (χ0v) is 10.1. The molecule has 1 aromatic rings. The second-order valence-corrected chi connectivity index (χ2v) is 4.82. The molecule has 1 N–H and O–H groups in total. The van der Waals surface area contributed by atoms with Crippen molar-refractivity contribution < 1.29 is 0 Å². The number of nitrogens with one attached hydrogen (secondary N) is 1. The minimum absolute atomic E-state index is 0.697. The van der Waals surface area contributed by atoms with E-state index in [0.717, 1.165) is 13.1 Å². The summed E-state index contributed by atoms with van der Waals surface area (Å²) in [5.41, 5.74) is 5.36. The van der Waals surface area contributed by atoms with Crippen LogP contribution in [-0.4, -0.2) is 20.1 Å². The largest absolute Gasteiger partial charge is 0.383 e. The maximum absolute atomic E-state index is 3.53. The van der Waals surface area contributed by atoms with Crippen LogP contribution in [0.3, 0.4) is 0 Å². The van der Waals surface area contributed by atoms with E-state index >= 15 is 0 Å². The maximum Gasteiger partial charge on any atom is 0.0602 e. The van der Waals surface area contributed by atoms with E-state index in [9.17, 15) is 0 Å². The van der Waals surface area contributed by atoms with Gasteiger partial charge in [-0.25, -0.2) is 0 Å². The highest BCUT2D eigenvalue weighted by molar-refractivity contribution is 5.72. The average molecular weight is 204 g/mol. The molecule has 0 spiro atoms. The minimum Gasteiger partial charge on any atom is -0.383 e. The monoisotopic (exact) mass is 204 g/mol. The molecule has 0 aromatic heterocycles. The Morgan fingerprint density at radius 1 is 1.27 bits per heavy atom. The number of anilines is 2. The van der Waals surface area contributed by atoms with Crippen LogP contribution in [-0.2, 0) is 0 Å². The van der Waals surface area contributed by atoms with Crippen LogP contribution in [0, 0.1) is 19.8 Å². The number of nitrogens with zero attached hydrogens (tertiary/aromatic N) is 1. The van der Waals surface area contributed by atoms with E-state index < -0.39 is 0 Å². The Morgan fingerprint density at radius 2 is 1.93 bits per heavy atom. The lowest BCUT2D eigenvalue weighted by Crippen LogP contribution is -2.24. The highest BCUT2D eigenvalue weighted by Crippen LogP contribution is 2.31. The molecule has 1 atom stereocenters. The van der Waals surface area contributed by atoms with Crippen molar-refractivity contribution in [3.63, 3.8) is 0 Å². The molecular formula is C13H20N2. The zero-order valence-electron chi connectivity index (χ0n) is 10.1. The molecule has 0 aliphatic carbocycles. The van der Waals surface area contributed by atoms with Gasteiger partial charge in [-0.05, 0) is 43.0 Å². The highest BCUT2D eigenvalue weighted by atomic mass is 15.1. The number of rotatable bonds is 0. The number of hydrogen-bond donors (Lipinski definition) is 1. The summed E-state index contributed by atoms with van der Waals surface area (Å²) in [4.78, 5) is 2.35. The van der Waals surface area contributed by atoms with Crippen molar-refractivity contribution in [2.24, 2.45) is 5.92 Å². The molecule has 0 bridgehead atoms. The standard InChI is InChI=1S/C13H20N2/c1-9-7-14-12-5-10(2)11(3)6-13(12)15(4)8-9/h5-6,9,14H,7-8H2,1-4H3. The third kappa shape index (κ3) is 1.94. The van der Waals surface area contributed by atoms with E-state index in [1.807, 2.05) is 0 Å². The molecule has 0 fully saturated rings. The first-order chi connectivity index (χ1) is 7.08. The van der Waals surface area contributed by atoms with Gasteiger partial charge in [0.15, 0.2) is 0 Å². The predicted molar refractivity (Wildman–Crippen MR) is 66.8 cm³/mol. The number of aryl methyl sites for hydroxylation is 2. The summed E-state index contributed by atoms with van der Waals surface area (Å²) in [6.07, 6.45) is 0. The van der Waals surface area contributed by atoms with E-state index in [2.05, 4.69) is 50.2 Å². The Hall–Kier alpha value is -1.18. The van der Waals surface area contributed by atoms with E-state index in [-0.39, 0.29) is 0 Å². The molecule has 1 aliphatic rings. The molecule has 1 aromatic carbocycles. The van der Waals surface area contributed by atoms with Crippen LogP contribution >= 0.6 is 0 Å². The Bertz CT molecular complexity index is 371. The van der Waals surface area contributed by atoms with Crippen molar-refractivity contribution in [1.82, 2.24) is 0 Å². The van der Waals surface area contributed by atoms with Gasteiger partial charge < -0.3 is 10.2 Å². The second-order valence-electron chi connectivity index (χ2n) is 4.82. The molecule has 2 heteroatoms. The van der Waals surface area contributed by atoms with Gasteiger partial charge in [0.25, 0.3) is 0 Å². The Kier molecular flexibility index (Phi) is 2.59. The first-order valence-electron chi connectivity index (χ1n) is 5.64. The minimum atomic E-state index is 0.697. The molecule has 0 saturated heterocycles. The average Bonchev–Trinajstić information content (AvgIpc) is 2.30. The van der Waals surface area contributed by atoms with E-state index in [1.165, 1.54) is 22.5 Å². The van der Waals surface area contributed by atoms with Crippen LogP contribution in [0.25, 0.3) is 0 Å². The van der Waals surface area contributed by atoms with Crippen LogP contribution in [0.5, 0.6) is 0 Å². The summed E-state index contributed by atoms with van der Waals surface area (Å²) < 4.78 is 0. The normalized spacial score (nSPS) is 20.5. The molecule has 0 radical (unpaired) electrons. The Labute approximate surface area is 92.3 Å².